The number of ether oxygens (including phenoxy) is 1. The molecule has 0 fully saturated rings. The number of anilines is 1. The molecule has 0 aliphatic carbocycles. The average molecular weight is 438 g/mol. The number of thiophene rings is 1. The van der Waals surface area contributed by atoms with E-state index in [2.05, 4.69) is 20.8 Å². The first kappa shape index (κ1) is 20.3. The van der Waals surface area contributed by atoms with E-state index in [-0.39, 0.29) is 18.3 Å². The van der Waals surface area contributed by atoms with Crippen LogP contribution in [0.25, 0.3) is 11.1 Å². The highest BCUT2D eigenvalue weighted by molar-refractivity contribution is 7.99. The van der Waals surface area contributed by atoms with Crippen molar-refractivity contribution >= 4 is 51.6 Å². The van der Waals surface area contributed by atoms with E-state index in [1.807, 2.05) is 18.2 Å². The number of amides is 1. The molecule has 0 radical (unpaired) electrons. The molecule has 0 aliphatic heterocycles. The van der Waals surface area contributed by atoms with E-state index in [4.69, 9.17) is 16.3 Å². The summed E-state index contributed by atoms with van der Waals surface area (Å²) in [5, 5.41) is 17.1. The summed E-state index contributed by atoms with van der Waals surface area (Å²) < 4.78 is 6.66. The molecular formula is C17H16ClN5O3S2. The number of carbonyl (C=O) groups is 2. The number of nitrogens with zero attached hydrogens (tertiary/aromatic N) is 4. The van der Waals surface area contributed by atoms with Crippen LogP contribution in [0.4, 0.5) is 5.00 Å². The zero-order chi connectivity index (χ0) is 20.1. The van der Waals surface area contributed by atoms with E-state index in [9.17, 15) is 9.59 Å². The second-order valence-corrected chi connectivity index (χ2v) is 7.71. The number of aryl methyl sites for hydroxylation is 1. The van der Waals surface area contributed by atoms with Crippen molar-refractivity contribution in [2.24, 2.45) is 7.05 Å². The summed E-state index contributed by atoms with van der Waals surface area (Å²) in [4.78, 5) is 24.9. The van der Waals surface area contributed by atoms with Gasteiger partial charge in [0.2, 0.25) is 11.1 Å². The van der Waals surface area contributed by atoms with Crippen LogP contribution in [0.2, 0.25) is 5.02 Å². The monoisotopic (exact) mass is 437 g/mol. The minimum Gasteiger partial charge on any atom is -0.462 e. The van der Waals surface area contributed by atoms with Crippen LogP contribution in [0.15, 0.2) is 34.8 Å². The highest BCUT2D eigenvalue weighted by atomic mass is 35.5. The van der Waals surface area contributed by atoms with Crippen LogP contribution in [0.5, 0.6) is 0 Å². The number of halogens is 1. The van der Waals surface area contributed by atoms with E-state index in [1.165, 1.54) is 27.8 Å². The molecule has 0 spiro atoms. The fourth-order valence-electron chi connectivity index (χ4n) is 2.37. The molecule has 3 rings (SSSR count). The van der Waals surface area contributed by atoms with Crippen LogP contribution in [-0.2, 0) is 16.6 Å². The largest absolute Gasteiger partial charge is 0.462 e. The number of hydrogen-bond donors (Lipinski definition) is 1. The van der Waals surface area contributed by atoms with E-state index in [0.717, 1.165) is 0 Å². The summed E-state index contributed by atoms with van der Waals surface area (Å²) in [5.41, 5.74) is 1.61. The maximum atomic E-state index is 12.6. The number of esters is 1. The predicted molar refractivity (Wildman–Crippen MR) is 109 cm³/mol. The molecule has 146 valence electrons. The molecule has 0 atom stereocenters. The maximum Gasteiger partial charge on any atom is 0.341 e. The van der Waals surface area contributed by atoms with Gasteiger partial charge in [0.1, 0.15) is 10.6 Å². The van der Waals surface area contributed by atoms with Crippen molar-refractivity contribution in [2.45, 2.75) is 12.1 Å². The first-order valence-electron chi connectivity index (χ1n) is 8.19. The smallest absolute Gasteiger partial charge is 0.341 e. The third-order valence-electron chi connectivity index (χ3n) is 3.60. The number of aromatic nitrogens is 4. The number of benzene rings is 1. The van der Waals surface area contributed by atoms with Gasteiger partial charge in [0.25, 0.3) is 0 Å². The summed E-state index contributed by atoms with van der Waals surface area (Å²) in [5.74, 6) is -0.708. The highest BCUT2D eigenvalue weighted by Crippen LogP contribution is 2.39. The Hall–Kier alpha value is -2.43. The lowest BCUT2D eigenvalue weighted by Gasteiger charge is -2.09. The van der Waals surface area contributed by atoms with Crippen LogP contribution >= 0.6 is 34.7 Å². The molecule has 0 saturated heterocycles. The van der Waals surface area contributed by atoms with E-state index >= 15 is 0 Å². The molecule has 1 aromatic carbocycles. The van der Waals surface area contributed by atoms with Gasteiger partial charge in [0, 0.05) is 28.6 Å². The summed E-state index contributed by atoms with van der Waals surface area (Å²) in [7, 11) is 1.69. The Kier molecular flexibility index (Phi) is 6.65. The Morgan fingerprint density at radius 3 is 2.79 bits per heavy atom. The van der Waals surface area contributed by atoms with Gasteiger partial charge in [-0.3, -0.25) is 4.79 Å². The number of nitrogens with one attached hydrogen (secondary N) is 1. The molecule has 0 bridgehead atoms. The molecule has 0 unspecified atom stereocenters. The molecule has 28 heavy (non-hydrogen) atoms. The summed E-state index contributed by atoms with van der Waals surface area (Å²) in [6.07, 6.45) is 0. The maximum absolute atomic E-state index is 12.6. The minimum absolute atomic E-state index is 0.0931. The number of rotatable bonds is 7. The first-order chi connectivity index (χ1) is 13.5. The molecule has 3 aromatic rings. The van der Waals surface area contributed by atoms with Crippen molar-refractivity contribution in [3.63, 3.8) is 0 Å². The quantitative estimate of drug-likeness (QED) is 0.446. The fourth-order valence-corrected chi connectivity index (χ4v) is 4.22. The van der Waals surface area contributed by atoms with E-state index in [0.29, 0.717) is 31.9 Å². The fraction of sp³-hybridized carbons (Fsp3) is 0.235. The van der Waals surface area contributed by atoms with Crippen molar-refractivity contribution in [3.8, 4) is 11.1 Å². The molecule has 1 amide bonds. The zero-order valence-corrected chi connectivity index (χ0v) is 17.4. The van der Waals surface area contributed by atoms with Crippen LogP contribution in [0.1, 0.15) is 17.3 Å². The van der Waals surface area contributed by atoms with Crippen LogP contribution in [0.3, 0.4) is 0 Å². The lowest BCUT2D eigenvalue weighted by Crippen LogP contribution is -2.16. The molecule has 2 aromatic heterocycles. The van der Waals surface area contributed by atoms with Gasteiger partial charge in [0.05, 0.1) is 12.4 Å². The predicted octanol–water partition coefficient (Wildman–Crippen LogP) is 3.50. The first-order valence-corrected chi connectivity index (χ1v) is 10.4. The minimum atomic E-state index is -0.515. The van der Waals surface area contributed by atoms with Crippen molar-refractivity contribution < 1.29 is 14.3 Å². The molecular weight excluding hydrogens is 422 g/mol. The average Bonchev–Trinajstić information content (AvgIpc) is 3.26. The van der Waals surface area contributed by atoms with Gasteiger partial charge in [-0.25, -0.2) is 9.48 Å². The second kappa shape index (κ2) is 9.18. The molecule has 8 nitrogen and oxygen atoms in total. The Bertz CT molecular complexity index is 1000. The second-order valence-electron chi connectivity index (χ2n) is 5.48. The highest BCUT2D eigenvalue weighted by Gasteiger charge is 2.24. The van der Waals surface area contributed by atoms with Crippen LogP contribution in [0, 0.1) is 0 Å². The number of tetrazole rings is 1. The van der Waals surface area contributed by atoms with Crippen molar-refractivity contribution in [1.82, 2.24) is 20.2 Å². The molecule has 1 N–H and O–H groups in total. The zero-order valence-electron chi connectivity index (χ0n) is 15.0. The lowest BCUT2D eigenvalue weighted by molar-refractivity contribution is -0.113. The van der Waals surface area contributed by atoms with Crippen molar-refractivity contribution in [1.29, 1.82) is 0 Å². The third kappa shape index (κ3) is 4.51. The normalized spacial score (nSPS) is 10.7. The SMILES string of the molecule is CCOC(=O)c1c(-c2ccccc2Cl)csc1NC(=O)CSc1nnnn1C. The van der Waals surface area contributed by atoms with E-state index < -0.39 is 5.97 Å². The topological polar surface area (TPSA) is 99.0 Å². The molecule has 11 heteroatoms. The van der Waals surface area contributed by atoms with Crippen molar-refractivity contribution in [3.05, 3.63) is 40.2 Å². The Morgan fingerprint density at radius 1 is 1.32 bits per heavy atom. The number of thioether (sulfide) groups is 1. The lowest BCUT2D eigenvalue weighted by atomic mass is 10.0. The standard InChI is InChI=1S/C17H16ClN5O3S2/c1-3-26-16(25)14-11(10-6-4-5-7-12(10)18)8-27-15(14)19-13(24)9-28-17-20-21-22-23(17)2/h4-8H,3,9H2,1-2H3,(H,19,24). The Balaban J connectivity index is 1.84. The Morgan fingerprint density at radius 2 is 2.11 bits per heavy atom. The van der Waals surface area contributed by atoms with Crippen LogP contribution in [-0.4, -0.2) is 44.4 Å². The number of hydrogen-bond acceptors (Lipinski definition) is 8. The van der Waals surface area contributed by atoms with Crippen molar-refractivity contribution in [2.75, 3.05) is 17.7 Å². The van der Waals surface area contributed by atoms with Gasteiger partial charge in [-0.15, -0.1) is 16.4 Å². The van der Waals surface area contributed by atoms with Gasteiger partial charge >= 0.3 is 5.97 Å². The van der Waals surface area contributed by atoms with Gasteiger partial charge in [-0.1, -0.05) is 41.6 Å². The van der Waals surface area contributed by atoms with Gasteiger partial charge < -0.3 is 10.1 Å². The molecule has 0 saturated carbocycles. The van der Waals surface area contributed by atoms with E-state index in [1.54, 1.807) is 25.4 Å². The molecule has 2 heterocycles. The van der Waals surface area contributed by atoms with Gasteiger partial charge in [0.15, 0.2) is 0 Å². The molecule has 0 aliphatic rings. The third-order valence-corrected chi connectivity index (χ3v) is 5.84. The summed E-state index contributed by atoms with van der Waals surface area (Å²) >= 11 is 8.73. The van der Waals surface area contributed by atoms with Gasteiger partial charge in [-0.2, -0.15) is 0 Å². The summed E-state index contributed by atoms with van der Waals surface area (Å²) in [6.45, 7) is 1.95. The number of carbonyl (C=O) groups excluding carboxylic acids is 2. The van der Waals surface area contributed by atoms with Gasteiger partial charge in [-0.05, 0) is 23.4 Å². The Labute approximate surface area is 174 Å². The van der Waals surface area contributed by atoms with Crippen LogP contribution < -0.4 is 5.32 Å². The summed E-state index contributed by atoms with van der Waals surface area (Å²) in [6, 6.07) is 7.20.